The van der Waals surface area contributed by atoms with Crippen LogP contribution in [0.5, 0.6) is 0 Å². The highest BCUT2D eigenvalue weighted by Crippen LogP contribution is 2.20. The second-order valence-electron chi connectivity index (χ2n) is 5.51. The molecule has 1 aromatic heterocycles. The number of nitrogens with zero attached hydrogens (tertiary/aromatic N) is 3. The van der Waals surface area contributed by atoms with Crippen LogP contribution in [-0.2, 0) is 16.1 Å². The summed E-state index contributed by atoms with van der Waals surface area (Å²) in [6, 6.07) is 13.3. The SMILES string of the molecule is O=C(O)CC(NC(=O)Cn1nnc2ccccc21)c1ccc(Cl)cc1. The van der Waals surface area contributed by atoms with Crippen molar-refractivity contribution in [3.63, 3.8) is 0 Å². The number of para-hydroxylation sites is 1. The number of aliphatic carboxylic acids is 1. The van der Waals surface area contributed by atoms with E-state index in [0.717, 1.165) is 5.52 Å². The van der Waals surface area contributed by atoms with E-state index in [1.165, 1.54) is 4.68 Å². The molecule has 1 amide bonds. The zero-order valence-electron chi connectivity index (χ0n) is 13.1. The van der Waals surface area contributed by atoms with Crippen molar-refractivity contribution in [2.75, 3.05) is 0 Å². The number of amides is 1. The number of halogens is 1. The average Bonchev–Trinajstić information content (AvgIpc) is 2.98. The molecule has 0 aliphatic heterocycles. The molecular formula is C17H15ClN4O3. The Bertz CT molecular complexity index is 908. The number of fused-ring (bicyclic) bond motifs is 1. The number of nitrogens with one attached hydrogen (secondary N) is 1. The summed E-state index contributed by atoms with van der Waals surface area (Å²) in [6.45, 7) is -0.0514. The first kappa shape index (κ1) is 16.9. The number of benzene rings is 2. The summed E-state index contributed by atoms with van der Waals surface area (Å²) in [6.07, 6.45) is -0.231. The standard InChI is InChI=1S/C17H15ClN4O3/c18-12-7-5-11(6-8-12)14(9-17(24)25)19-16(23)10-22-15-4-2-1-3-13(15)20-21-22/h1-8,14H,9-10H2,(H,19,23)(H,24,25). The molecule has 3 aromatic rings. The maximum absolute atomic E-state index is 12.4. The van der Waals surface area contributed by atoms with Gasteiger partial charge in [-0.15, -0.1) is 5.10 Å². The van der Waals surface area contributed by atoms with Crippen LogP contribution in [-0.4, -0.2) is 32.0 Å². The number of carbonyl (C=O) groups is 2. The fraction of sp³-hybridized carbons (Fsp3) is 0.176. The number of carboxylic acid groups (broad SMARTS) is 1. The van der Waals surface area contributed by atoms with E-state index in [4.69, 9.17) is 16.7 Å². The normalized spacial score (nSPS) is 12.0. The Morgan fingerprint density at radius 3 is 2.60 bits per heavy atom. The average molecular weight is 359 g/mol. The number of carboxylic acids is 1. The third-order valence-electron chi connectivity index (χ3n) is 3.70. The minimum absolute atomic E-state index is 0.0514. The highest BCUT2D eigenvalue weighted by molar-refractivity contribution is 6.30. The summed E-state index contributed by atoms with van der Waals surface area (Å²) in [7, 11) is 0. The quantitative estimate of drug-likeness (QED) is 0.705. The largest absolute Gasteiger partial charge is 0.481 e. The van der Waals surface area contributed by atoms with Gasteiger partial charge >= 0.3 is 5.97 Å². The molecule has 8 heteroatoms. The lowest BCUT2D eigenvalue weighted by atomic mass is 10.0. The van der Waals surface area contributed by atoms with E-state index >= 15 is 0 Å². The fourth-order valence-electron chi connectivity index (χ4n) is 2.53. The van der Waals surface area contributed by atoms with E-state index in [0.29, 0.717) is 16.1 Å². The predicted octanol–water partition coefficient (Wildman–Crippen LogP) is 2.42. The van der Waals surface area contributed by atoms with Crippen LogP contribution in [0.15, 0.2) is 48.5 Å². The monoisotopic (exact) mass is 358 g/mol. The van der Waals surface area contributed by atoms with Crippen LogP contribution in [0, 0.1) is 0 Å². The van der Waals surface area contributed by atoms with E-state index in [9.17, 15) is 9.59 Å². The van der Waals surface area contributed by atoms with Crippen LogP contribution in [0.4, 0.5) is 0 Å². The molecule has 0 saturated carbocycles. The molecule has 1 unspecified atom stereocenters. The highest BCUT2D eigenvalue weighted by Gasteiger charge is 2.19. The Hall–Kier alpha value is -2.93. The van der Waals surface area contributed by atoms with Gasteiger partial charge in [0.05, 0.1) is 18.0 Å². The molecule has 1 heterocycles. The summed E-state index contributed by atoms with van der Waals surface area (Å²) < 4.78 is 1.48. The second kappa shape index (κ2) is 7.31. The molecule has 0 aliphatic rings. The summed E-state index contributed by atoms with van der Waals surface area (Å²) in [5.41, 5.74) is 2.10. The first-order chi connectivity index (χ1) is 12.0. The smallest absolute Gasteiger partial charge is 0.305 e. The Morgan fingerprint density at radius 1 is 1.16 bits per heavy atom. The molecule has 2 aromatic carbocycles. The van der Waals surface area contributed by atoms with E-state index in [2.05, 4.69) is 15.6 Å². The lowest BCUT2D eigenvalue weighted by Gasteiger charge is -2.17. The van der Waals surface area contributed by atoms with Crippen LogP contribution in [0.1, 0.15) is 18.0 Å². The van der Waals surface area contributed by atoms with Crippen LogP contribution in [0.2, 0.25) is 5.02 Å². The Kier molecular flexibility index (Phi) is 4.95. The van der Waals surface area contributed by atoms with E-state index in [1.807, 2.05) is 18.2 Å². The van der Waals surface area contributed by atoms with E-state index in [1.54, 1.807) is 30.3 Å². The van der Waals surface area contributed by atoms with Gasteiger partial charge in [0.2, 0.25) is 5.91 Å². The Morgan fingerprint density at radius 2 is 1.88 bits per heavy atom. The first-order valence-electron chi connectivity index (χ1n) is 7.58. The maximum Gasteiger partial charge on any atom is 0.305 e. The molecule has 0 saturated heterocycles. The van der Waals surface area contributed by atoms with Crippen molar-refractivity contribution in [3.05, 3.63) is 59.1 Å². The topological polar surface area (TPSA) is 97.1 Å². The molecule has 7 nitrogen and oxygen atoms in total. The van der Waals surface area contributed by atoms with Crippen molar-refractivity contribution >= 4 is 34.5 Å². The third-order valence-corrected chi connectivity index (χ3v) is 3.95. The molecule has 2 N–H and O–H groups in total. The van der Waals surface area contributed by atoms with Crippen molar-refractivity contribution in [1.29, 1.82) is 0 Å². The molecule has 25 heavy (non-hydrogen) atoms. The van der Waals surface area contributed by atoms with Gasteiger partial charge in [0, 0.05) is 5.02 Å². The number of hydrogen-bond acceptors (Lipinski definition) is 4. The zero-order chi connectivity index (χ0) is 17.8. The van der Waals surface area contributed by atoms with Crippen LogP contribution in [0.3, 0.4) is 0 Å². The van der Waals surface area contributed by atoms with Crippen LogP contribution < -0.4 is 5.32 Å². The van der Waals surface area contributed by atoms with Crippen molar-refractivity contribution in [3.8, 4) is 0 Å². The van der Waals surface area contributed by atoms with E-state index in [-0.39, 0.29) is 18.9 Å². The number of aromatic nitrogens is 3. The minimum atomic E-state index is -1.01. The van der Waals surface area contributed by atoms with E-state index < -0.39 is 12.0 Å². The summed E-state index contributed by atoms with van der Waals surface area (Å²) in [5.74, 6) is -1.36. The van der Waals surface area contributed by atoms with Gasteiger partial charge in [0.15, 0.2) is 0 Å². The van der Waals surface area contributed by atoms with Gasteiger partial charge in [0.25, 0.3) is 0 Å². The van der Waals surface area contributed by atoms with Gasteiger partial charge in [-0.2, -0.15) is 0 Å². The molecule has 0 radical (unpaired) electrons. The summed E-state index contributed by atoms with van der Waals surface area (Å²) in [5, 5.41) is 20.3. The lowest BCUT2D eigenvalue weighted by Crippen LogP contribution is -2.33. The lowest BCUT2D eigenvalue weighted by molar-refractivity contribution is -0.137. The summed E-state index contributed by atoms with van der Waals surface area (Å²) in [4.78, 5) is 23.5. The van der Waals surface area contributed by atoms with Crippen molar-refractivity contribution in [1.82, 2.24) is 20.3 Å². The minimum Gasteiger partial charge on any atom is -0.481 e. The molecule has 3 rings (SSSR count). The molecule has 0 aliphatic carbocycles. The first-order valence-corrected chi connectivity index (χ1v) is 7.95. The molecule has 0 bridgehead atoms. The summed E-state index contributed by atoms with van der Waals surface area (Å²) >= 11 is 5.86. The molecular weight excluding hydrogens is 344 g/mol. The number of hydrogen-bond donors (Lipinski definition) is 2. The van der Waals surface area contributed by atoms with Gasteiger partial charge in [-0.1, -0.05) is 41.1 Å². The number of carbonyl (C=O) groups excluding carboxylic acids is 1. The van der Waals surface area contributed by atoms with Gasteiger partial charge in [-0.3, -0.25) is 9.59 Å². The van der Waals surface area contributed by atoms with Gasteiger partial charge in [-0.25, -0.2) is 4.68 Å². The van der Waals surface area contributed by atoms with Gasteiger partial charge in [0.1, 0.15) is 12.1 Å². The predicted molar refractivity (Wildman–Crippen MR) is 92.1 cm³/mol. The molecule has 1 atom stereocenters. The second-order valence-corrected chi connectivity index (χ2v) is 5.94. The molecule has 128 valence electrons. The molecule has 0 fully saturated rings. The number of rotatable bonds is 6. The van der Waals surface area contributed by atoms with Gasteiger partial charge in [-0.05, 0) is 29.8 Å². The third kappa shape index (κ3) is 4.13. The molecule has 0 spiro atoms. The maximum atomic E-state index is 12.4. The highest BCUT2D eigenvalue weighted by atomic mass is 35.5. The van der Waals surface area contributed by atoms with Crippen molar-refractivity contribution in [2.45, 2.75) is 19.0 Å². The van der Waals surface area contributed by atoms with Gasteiger partial charge < -0.3 is 10.4 Å². The fourth-order valence-corrected chi connectivity index (χ4v) is 2.66. The van der Waals surface area contributed by atoms with Crippen molar-refractivity contribution in [2.24, 2.45) is 0 Å². The van der Waals surface area contributed by atoms with Crippen LogP contribution in [0.25, 0.3) is 11.0 Å². The van der Waals surface area contributed by atoms with Crippen molar-refractivity contribution < 1.29 is 14.7 Å². The Balaban J connectivity index is 1.75. The zero-order valence-corrected chi connectivity index (χ0v) is 13.8. The Labute approximate surface area is 148 Å². The van der Waals surface area contributed by atoms with Crippen LogP contribution >= 0.6 is 11.6 Å².